The summed E-state index contributed by atoms with van der Waals surface area (Å²) in [6.07, 6.45) is 1.42. The first-order valence-electron chi connectivity index (χ1n) is 9.48. The fourth-order valence-corrected chi connectivity index (χ4v) is 3.81. The van der Waals surface area contributed by atoms with E-state index in [0.717, 1.165) is 5.56 Å². The van der Waals surface area contributed by atoms with E-state index in [2.05, 4.69) is 15.4 Å². The quantitative estimate of drug-likeness (QED) is 0.517. The zero-order valence-corrected chi connectivity index (χ0v) is 17.1. The van der Waals surface area contributed by atoms with Crippen LogP contribution in [0.2, 0.25) is 5.02 Å². The number of hydrogen-bond donors (Lipinski definition) is 1. The molecule has 0 saturated carbocycles. The van der Waals surface area contributed by atoms with Gasteiger partial charge in [0.1, 0.15) is 5.82 Å². The van der Waals surface area contributed by atoms with Gasteiger partial charge < -0.3 is 14.8 Å². The van der Waals surface area contributed by atoms with Crippen LogP contribution in [0.5, 0.6) is 11.5 Å². The van der Waals surface area contributed by atoms with Gasteiger partial charge in [-0.15, -0.1) is 0 Å². The lowest BCUT2D eigenvalue weighted by Crippen LogP contribution is -2.23. The molecule has 0 fully saturated rings. The Bertz CT molecular complexity index is 1320. The van der Waals surface area contributed by atoms with Crippen LogP contribution in [0.1, 0.15) is 21.6 Å². The second-order valence-electron chi connectivity index (χ2n) is 7.03. The fraction of sp³-hybridized carbons (Fsp3) is 0.136. The average Bonchev–Trinajstić information content (AvgIpc) is 3.37. The van der Waals surface area contributed by atoms with Crippen LogP contribution in [0, 0.1) is 12.7 Å². The minimum Gasteiger partial charge on any atom is -0.454 e. The number of nitrogens with one attached hydrogen (secondary N) is 1. The molecule has 0 unspecified atom stereocenters. The summed E-state index contributed by atoms with van der Waals surface area (Å²) in [5.74, 6) is 0.633. The molecule has 7 nitrogen and oxygen atoms in total. The Labute approximate surface area is 181 Å². The van der Waals surface area contributed by atoms with Gasteiger partial charge >= 0.3 is 0 Å². The summed E-state index contributed by atoms with van der Waals surface area (Å²) in [6.45, 7) is 2.26. The maximum atomic E-state index is 13.3. The van der Waals surface area contributed by atoms with Crippen LogP contribution in [-0.2, 0) is 6.54 Å². The molecule has 1 N–H and O–H groups in total. The number of rotatable bonds is 4. The lowest BCUT2D eigenvalue weighted by molar-refractivity contribution is 0.0950. The number of fused-ring (bicyclic) bond motifs is 2. The molecule has 0 saturated heterocycles. The molecule has 3 heterocycles. The van der Waals surface area contributed by atoms with E-state index >= 15 is 0 Å². The Morgan fingerprint density at radius 1 is 1.19 bits per heavy atom. The normalized spacial score (nSPS) is 12.4. The number of aryl methyl sites for hydroxylation is 1. The van der Waals surface area contributed by atoms with Gasteiger partial charge in [-0.2, -0.15) is 5.10 Å². The molecule has 1 aliphatic rings. The number of benzene rings is 2. The molecule has 0 spiro atoms. The van der Waals surface area contributed by atoms with E-state index < -0.39 is 0 Å². The highest BCUT2D eigenvalue weighted by Crippen LogP contribution is 2.33. The first-order valence-corrected chi connectivity index (χ1v) is 9.85. The fourth-order valence-electron chi connectivity index (χ4n) is 3.46. The lowest BCUT2D eigenvalue weighted by atomic mass is 10.1. The van der Waals surface area contributed by atoms with Gasteiger partial charge in [0.25, 0.3) is 5.91 Å². The van der Waals surface area contributed by atoms with Crippen molar-refractivity contribution < 1.29 is 18.7 Å². The summed E-state index contributed by atoms with van der Waals surface area (Å²) in [5, 5.41) is 8.15. The van der Waals surface area contributed by atoms with E-state index in [1.165, 1.54) is 18.3 Å². The van der Waals surface area contributed by atoms with Gasteiger partial charge in [-0.3, -0.25) is 4.79 Å². The Balaban J connectivity index is 1.42. The van der Waals surface area contributed by atoms with Crippen LogP contribution in [0.3, 0.4) is 0 Å². The molecule has 4 aromatic rings. The summed E-state index contributed by atoms with van der Waals surface area (Å²) in [6, 6.07) is 11.4. The molecule has 0 bridgehead atoms. The molecule has 0 radical (unpaired) electrons. The average molecular weight is 439 g/mol. The zero-order valence-electron chi connectivity index (χ0n) is 16.4. The highest BCUT2D eigenvalue weighted by atomic mass is 35.5. The Morgan fingerprint density at radius 2 is 1.97 bits per heavy atom. The number of amides is 1. The van der Waals surface area contributed by atoms with E-state index in [1.807, 2.05) is 12.1 Å². The van der Waals surface area contributed by atoms with Crippen molar-refractivity contribution in [2.75, 3.05) is 6.79 Å². The summed E-state index contributed by atoms with van der Waals surface area (Å²) in [5.41, 5.74) is 2.85. The van der Waals surface area contributed by atoms with Crippen molar-refractivity contribution in [3.05, 3.63) is 76.3 Å². The number of halogens is 2. The predicted octanol–water partition coefficient (Wildman–Crippen LogP) is 4.18. The smallest absolute Gasteiger partial charge is 0.254 e. The number of hydrogen-bond acceptors (Lipinski definition) is 5. The molecule has 2 aromatic carbocycles. The molecule has 5 rings (SSSR count). The van der Waals surface area contributed by atoms with Crippen molar-refractivity contribution in [3.63, 3.8) is 0 Å². The van der Waals surface area contributed by atoms with E-state index in [-0.39, 0.29) is 35.6 Å². The predicted molar refractivity (Wildman–Crippen MR) is 112 cm³/mol. The number of pyridine rings is 1. The van der Waals surface area contributed by atoms with Crippen molar-refractivity contribution in [2.24, 2.45) is 0 Å². The Kier molecular flexibility index (Phi) is 4.71. The van der Waals surface area contributed by atoms with E-state index in [4.69, 9.17) is 21.1 Å². The van der Waals surface area contributed by atoms with Gasteiger partial charge in [0.2, 0.25) is 6.79 Å². The summed E-state index contributed by atoms with van der Waals surface area (Å²) in [7, 11) is 0. The Hall–Kier alpha value is -3.65. The summed E-state index contributed by atoms with van der Waals surface area (Å²) in [4.78, 5) is 17.2. The minimum absolute atomic E-state index is 0.192. The van der Waals surface area contributed by atoms with Gasteiger partial charge in [0.15, 0.2) is 17.1 Å². The van der Waals surface area contributed by atoms with Crippen LogP contribution in [0.4, 0.5) is 4.39 Å². The molecular weight excluding hydrogens is 423 g/mol. The van der Waals surface area contributed by atoms with Crippen LogP contribution in [0.15, 0.2) is 48.7 Å². The number of carbonyl (C=O) groups is 1. The molecule has 31 heavy (non-hydrogen) atoms. The van der Waals surface area contributed by atoms with Crippen LogP contribution < -0.4 is 14.8 Å². The second-order valence-corrected chi connectivity index (χ2v) is 7.41. The SMILES string of the molecule is Cc1nn(-c2ccc(F)cc2)c2ncc(C(=O)NCc3ccc4c(c3)OCO4)c(Cl)c12. The molecule has 9 heteroatoms. The van der Waals surface area contributed by atoms with Gasteiger partial charge in [-0.05, 0) is 48.9 Å². The van der Waals surface area contributed by atoms with Crippen LogP contribution in [-0.4, -0.2) is 27.5 Å². The lowest BCUT2D eigenvalue weighted by Gasteiger charge is -2.09. The molecule has 2 aromatic heterocycles. The van der Waals surface area contributed by atoms with Gasteiger partial charge in [0, 0.05) is 12.7 Å². The first kappa shape index (κ1) is 19.3. The third-order valence-corrected chi connectivity index (χ3v) is 5.41. The monoisotopic (exact) mass is 438 g/mol. The van der Waals surface area contributed by atoms with Crippen molar-refractivity contribution in [2.45, 2.75) is 13.5 Å². The number of carbonyl (C=O) groups excluding carboxylic acids is 1. The van der Waals surface area contributed by atoms with Gasteiger partial charge in [0.05, 0.1) is 27.4 Å². The van der Waals surface area contributed by atoms with Crippen molar-refractivity contribution >= 4 is 28.5 Å². The molecule has 1 amide bonds. The van der Waals surface area contributed by atoms with E-state index in [0.29, 0.717) is 33.9 Å². The van der Waals surface area contributed by atoms with Crippen molar-refractivity contribution in [1.29, 1.82) is 0 Å². The minimum atomic E-state index is -0.356. The highest BCUT2D eigenvalue weighted by molar-refractivity contribution is 6.38. The maximum Gasteiger partial charge on any atom is 0.254 e. The van der Waals surface area contributed by atoms with E-state index in [9.17, 15) is 9.18 Å². The molecule has 0 aliphatic carbocycles. The maximum absolute atomic E-state index is 13.3. The second kappa shape index (κ2) is 7.55. The molecule has 156 valence electrons. The summed E-state index contributed by atoms with van der Waals surface area (Å²) < 4.78 is 25.5. The Morgan fingerprint density at radius 3 is 2.77 bits per heavy atom. The zero-order chi connectivity index (χ0) is 21.5. The summed E-state index contributed by atoms with van der Waals surface area (Å²) >= 11 is 6.58. The van der Waals surface area contributed by atoms with Gasteiger partial charge in [-0.25, -0.2) is 14.1 Å². The third-order valence-electron chi connectivity index (χ3n) is 5.01. The molecule has 0 atom stereocenters. The first-order chi connectivity index (χ1) is 15.0. The van der Waals surface area contributed by atoms with Crippen molar-refractivity contribution in [3.8, 4) is 17.2 Å². The van der Waals surface area contributed by atoms with Crippen LogP contribution >= 0.6 is 11.6 Å². The number of ether oxygens (including phenoxy) is 2. The number of nitrogens with zero attached hydrogens (tertiary/aromatic N) is 3. The third kappa shape index (κ3) is 3.44. The van der Waals surface area contributed by atoms with Crippen molar-refractivity contribution in [1.82, 2.24) is 20.1 Å². The standard InChI is InChI=1S/C22H16ClFN4O3/c1-12-19-20(23)16(10-25-21(19)28(27-12)15-5-3-14(24)4-6-15)22(29)26-9-13-2-7-17-18(8-13)31-11-30-17/h2-8,10H,9,11H2,1H3,(H,26,29). The van der Waals surface area contributed by atoms with Gasteiger partial charge in [-0.1, -0.05) is 17.7 Å². The molecular formula is C22H16ClFN4O3. The largest absolute Gasteiger partial charge is 0.454 e. The topological polar surface area (TPSA) is 78.3 Å². The highest BCUT2D eigenvalue weighted by Gasteiger charge is 2.20. The molecule has 1 aliphatic heterocycles. The number of aromatic nitrogens is 3. The van der Waals surface area contributed by atoms with E-state index in [1.54, 1.807) is 29.8 Å². The van der Waals surface area contributed by atoms with Crippen LogP contribution in [0.25, 0.3) is 16.7 Å².